The maximum Gasteiger partial charge on any atom is 0.240 e. The molecule has 4 heteroatoms. The zero-order valence-corrected chi connectivity index (χ0v) is 13.4. The van der Waals surface area contributed by atoms with Gasteiger partial charge in [-0.25, -0.2) is 5.01 Å². The summed E-state index contributed by atoms with van der Waals surface area (Å²) in [6, 6.07) is 18.0. The molecule has 4 nitrogen and oxygen atoms in total. The molecule has 0 saturated heterocycles. The summed E-state index contributed by atoms with van der Waals surface area (Å²) in [6.45, 7) is 1.57. The number of ether oxygens (including phenoxy) is 1. The normalized spacial score (nSPS) is 17.0. The molecule has 2 aromatic rings. The lowest BCUT2D eigenvalue weighted by atomic mass is 9.98. The van der Waals surface area contributed by atoms with Gasteiger partial charge < -0.3 is 4.74 Å². The molecule has 1 unspecified atom stereocenters. The van der Waals surface area contributed by atoms with E-state index in [9.17, 15) is 4.79 Å². The first-order valence-corrected chi connectivity index (χ1v) is 7.71. The Morgan fingerprint density at radius 2 is 1.87 bits per heavy atom. The van der Waals surface area contributed by atoms with Crippen molar-refractivity contribution >= 4 is 11.6 Å². The number of methoxy groups -OCH3 is 1. The van der Waals surface area contributed by atoms with E-state index < -0.39 is 0 Å². The summed E-state index contributed by atoms with van der Waals surface area (Å²) in [4.78, 5) is 11.9. The van der Waals surface area contributed by atoms with Gasteiger partial charge in [0, 0.05) is 25.5 Å². The Balaban J connectivity index is 1.78. The maximum absolute atomic E-state index is 11.9. The van der Waals surface area contributed by atoms with Crippen molar-refractivity contribution < 1.29 is 9.53 Å². The van der Waals surface area contributed by atoms with E-state index in [1.807, 2.05) is 54.6 Å². The van der Waals surface area contributed by atoms with Crippen LogP contribution in [0.4, 0.5) is 0 Å². The van der Waals surface area contributed by atoms with Crippen LogP contribution in [0.3, 0.4) is 0 Å². The van der Waals surface area contributed by atoms with Crippen LogP contribution >= 0.6 is 0 Å². The molecule has 0 radical (unpaired) electrons. The van der Waals surface area contributed by atoms with Crippen molar-refractivity contribution in [2.45, 2.75) is 25.8 Å². The molecule has 0 fully saturated rings. The molecule has 118 valence electrons. The van der Waals surface area contributed by atoms with Crippen molar-refractivity contribution in [2.24, 2.45) is 5.10 Å². The first-order valence-electron chi connectivity index (χ1n) is 7.71. The van der Waals surface area contributed by atoms with E-state index >= 15 is 0 Å². The van der Waals surface area contributed by atoms with Gasteiger partial charge in [-0.2, -0.15) is 5.10 Å². The molecule has 0 bridgehead atoms. The highest BCUT2D eigenvalue weighted by Gasteiger charge is 2.30. The molecule has 0 aliphatic carbocycles. The predicted molar refractivity (Wildman–Crippen MR) is 90.5 cm³/mol. The molecule has 1 amide bonds. The Hall–Kier alpha value is -2.62. The van der Waals surface area contributed by atoms with Crippen LogP contribution in [0, 0.1) is 0 Å². The van der Waals surface area contributed by atoms with E-state index in [4.69, 9.17) is 4.74 Å². The first-order chi connectivity index (χ1) is 11.2. The average Bonchev–Trinajstić information content (AvgIpc) is 3.00. The third-order valence-electron chi connectivity index (χ3n) is 4.05. The molecule has 0 N–H and O–H groups in total. The standard InChI is InChI=1S/C19H20N2O2/c1-14(22)21-19(16-6-4-3-5-7-16)13-17(20-21)12-15-8-10-18(23-2)11-9-15/h3-11,19H,12-13H2,1-2H3. The highest BCUT2D eigenvalue weighted by molar-refractivity contribution is 5.91. The monoisotopic (exact) mass is 308 g/mol. The SMILES string of the molecule is COc1ccc(CC2=NN(C(C)=O)C(c3ccccc3)C2)cc1. The van der Waals surface area contributed by atoms with E-state index in [0.29, 0.717) is 0 Å². The molecule has 1 aliphatic heterocycles. The number of carbonyl (C=O) groups is 1. The molecule has 23 heavy (non-hydrogen) atoms. The fraction of sp³-hybridized carbons (Fsp3) is 0.263. The highest BCUT2D eigenvalue weighted by Crippen LogP contribution is 2.31. The number of amides is 1. The van der Waals surface area contributed by atoms with E-state index in [0.717, 1.165) is 29.9 Å². The molecule has 2 aromatic carbocycles. The summed E-state index contributed by atoms with van der Waals surface area (Å²) in [6.07, 6.45) is 1.52. The van der Waals surface area contributed by atoms with Crippen molar-refractivity contribution in [1.29, 1.82) is 0 Å². The van der Waals surface area contributed by atoms with Crippen LogP contribution in [0.15, 0.2) is 59.7 Å². The number of hydrogen-bond donors (Lipinski definition) is 0. The van der Waals surface area contributed by atoms with Crippen LogP contribution in [0.25, 0.3) is 0 Å². The summed E-state index contributed by atoms with van der Waals surface area (Å²) in [5.74, 6) is 0.818. The van der Waals surface area contributed by atoms with Gasteiger partial charge in [-0.3, -0.25) is 4.79 Å². The lowest BCUT2D eigenvalue weighted by Gasteiger charge is -2.20. The van der Waals surface area contributed by atoms with Crippen LogP contribution < -0.4 is 4.74 Å². The van der Waals surface area contributed by atoms with E-state index in [1.165, 1.54) is 5.56 Å². The van der Waals surface area contributed by atoms with Gasteiger partial charge in [-0.05, 0) is 23.3 Å². The van der Waals surface area contributed by atoms with Gasteiger partial charge in [-0.15, -0.1) is 0 Å². The second-order valence-electron chi connectivity index (χ2n) is 5.69. The first kappa shape index (κ1) is 15.3. The molecule has 0 saturated carbocycles. The molecule has 1 heterocycles. The zero-order chi connectivity index (χ0) is 16.2. The van der Waals surface area contributed by atoms with Gasteiger partial charge in [0.2, 0.25) is 5.91 Å². The zero-order valence-electron chi connectivity index (χ0n) is 13.4. The largest absolute Gasteiger partial charge is 0.497 e. The molecule has 1 aliphatic rings. The third kappa shape index (κ3) is 3.42. The van der Waals surface area contributed by atoms with Crippen molar-refractivity contribution in [3.63, 3.8) is 0 Å². The number of hydrazone groups is 1. The van der Waals surface area contributed by atoms with Gasteiger partial charge in [0.1, 0.15) is 5.75 Å². The van der Waals surface area contributed by atoms with Crippen LogP contribution in [0.1, 0.15) is 30.5 Å². The van der Waals surface area contributed by atoms with Crippen molar-refractivity contribution in [1.82, 2.24) is 5.01 Å². The van der Waals surface area contributed by atoms with Gasteiger partial charge in [0.25, 0.3) is 0 Å². The number of rotatable bonds is 4. The number of nitrogens with zero attached hydrogens (tertiary/aromatic N) is 2. The lowest BCUT2D eigenvalue weighted by molar-refractivity contribution is -0.130. The molecule has 0 spiro atoms. The van der Waals surface area contributed by atoms with E-state index in [1.54, 1.807) is 19.0 Å². The van der Waals surface area contributed by atoms with Gasteiger partial charge >= 0.3 is 0 Å². The summed E-state index contributed by atoms with van der Waals surface area (Å²) in [5.41, 5.74) is 3.32. The highest BCUT2D eigenvalue weighted by atomic mass is 16.5. The van der Waals surface area contributed by atoms with Gasteiger partial charge in [0.15, 0.2) is 0 Å². The smallest absolute Gasteiger partial charge is 0.240 e. The maximum atomic E-state index is 11.9. The van der Waals surface area contributed by atoms with Crippen molar-refractivity contribution in [3.8, 4) is 5.75 Å². The second-order valence-corrected chi connectivity index (χ2v) is 5.69. The van der Waals surface area contributed by atoms with Crippen LogP contribution in [-0.4, -0.2) is 23.7 Å². The Kier molecular flexibility index (Phi) is 4.42. The minimum Gasteiger partial charge on any atom is -0.497 e. The molecule has 1 atom stereocenters. The number of carbonyl (C=O) groups excluding carboxylic acids is 1. The molecular weight excluding hydrogens is 288 g/mol. The fourth-order valence-corrected chi connectivity index (χ4v) is 2.88. The lowest BCUT2D eigenvalue weighted by Crippen LogP contribution is -2.24. The summed E-state index contributed by atoms with van der Waals surface area (Å²) >= 11 is 0. The molecule has 0 aromatic heterocycles. The predicted octanol–water partition coefficient (Wildman–Crippen LogP) is 3.59. The van der Waals surface area contributed by atoms with Crippen molar-refractivity contribution in [2.75, 3.05) is 7.11 Å². The van der Waals surface area contributed by atoms with Gasteiger partial charge in [0.05, 0.1) is 13.2 Å². The number of benzene rings is 2. The quantitative estimate of drug-likeness (QED) is 0.866. The minimum atomic E-state index is -0.0245. The van der Waals surface area contributed by atoms with Gasteiger partial charge in [-0.1, -0.05) is 42.5 Å². The fourth-order valence-electron chi connectivity index (χ4n) is 2.88. The van der Waals surface area contributed by atoms with Crippen molar-refractivity contribution in [3.05, 3.63) is 65.7 Å². The van der Waals surface area contributed by atoms with E-state index in [2.05, 4.69) is 5.10 Å². The topological polar surface area (TPSA) is 41.9 Å². The Bertz CT molecular complexity index is 708. The Morgan fingerprint density at radius 1 is 1.17 bits per heavy atom. The number of hydrogen-bond acceptors (Lipinski definition) is 3. The van der Waals surface area contributed by atoms with Crippen LogP contribution in [0.5, 0.6) is 5.75 Å². The molecular formula is C19H20N2O2. The summed E-state index contributed by atoms with van der Waals surface area (Å²) < 4.78 is 5.18. The Labute approximate surface area is 136 Å². The third-order valence-corrected chi connectivity index (χ3v) is 4.05. The van der Waals surface area contributed by atoms with Crippen LogP contribution in [-0.2, 0) is 11.2 Å². The van der Waals surface area contributed by atoms with Crippen LogP contribution in [0.2, 0.25) is 0 Å². The minimum absolute atomic E-state index is 0.00180. The second kappa shape index (κ2) is 6.65. The Morgan fingerprint density at radius 3 is 2.48 bits per heavy atom. The summed E-state index contributed by atoms with van der Waals surface area (Å²) in [7, 11) is 1.66. The molecule has 3 rings (SSSR count). The summed E-state index contributed by atoms with van der Waals surface area (Å²) in [5, 5.41) is 6.16. The average molecular weight is 308 g/mol. The van der Waals surface area contributed by atoms with E-state index in [-0.39, 0.29) is 11.9 Å².